The molecule has 0 bridgehead atoms. The van der Waals surface area contributed by atoms with Crippen molar-refractivity contribution in [3.8, 4) is 17.0 Å². The van der Waals surface area contributed by atoms with Gasteiger partial charge in [-0.05, 0) is 35.9 Å². The maximum absolute atomic E-state index is 5.89. The molecule has 0 aliphatic rings. The lowest BCUT2D eigenvalue weighted by atomic mass is 10.1. The normalized spacial score (nSPS) is 10.8. The first-order valence-corrected chi connectivity index (χ1v) is 6.07. The highest BCUT2D eigenvalue weighted by atomic mass is 35.5. The first-order valence-electron chi connectivity index (χ1n) is 5.69. The number of benzene rings is 2. The molecule has 0 saturated heterocycles. The summed E-state index contributed by atoms with van der Waals surface area (Å²) in [6, 6.07) is 15.9. The van der Waals surface area contributed by atoms with Crippen molar-refractivity contribution in [2.75, 3.05) is 7.11 Å². The van der Waals surface area contributed by atoms with Crippen LogP contribution >= 0.6 is 11.6 Å². The molecule has 2 aromatic carbocycles. The van der Waals surface area contributed by atoms with Gasteiger partial charge in [-0.15, -0.1) is 0 Å². The molecule has 0 spiro atoms. The number of hydrogen-bond acceptors (Lipinski definition) is 1. The molecular formula is C15H12ClNO. The van der Waals surface area contributed by atoms with Crippen LogP contribution in [0.1, 0.15) is 0 Å². The first kappa shape index (κ1) is 11.2. The Morgan fingerprint density at radius 3 is 2.50 bits per heavy atom. The summed E-state index contributed by atoms with van der Waals surface area (Å²) in [4.78, 5) is 3.38. The minimum Gasteiger partial charge on any atom is -0.497 e. The largest absolute Gasteiger partial charge is 0.497 e. The number of rotatable bonds is 2. The predicted octanol–water partition coefficient (Wildman–Crippen LogP) is 4.50. The Labute approximate surface area is 110 Å². The second-order valence-electron chi connectivity index (χ2n) is 4.14. The van der Waals surface area contributed by atoms with E-state index in [4.69, 9.17) is 16.3 Å². The number of aromatic amines is 1. The van der Waals surface area contributed by atoms with Crippen LogP contribution < -0.4 is 4.74 Å². The number of H-pyrrole nitrogens is 1. The average molecular weight is 258 g/mol. The second-order valence-corrected chi connectivity index (χ2v) is 4.58. The summed E-state index contributed by atoms with van der Waals surface area (Å²) in [6.45, 7) is 0. The molecule has 18 heavy (non-hydrogen) atoms. The van der Waals surface area contributed by atoms with E-state index in [0.717, 1.165) is 27.5 Å². The van der Waals surface area contributed by atoms with Crippen molar-refractivity contribution in [1.29, 1.82) is 0 Å². The van der Waals surface area contributed by atoms with Crippen LogP contribution in [0.15, 0.2) is 48.5 Å². The molecule has 3 rings (SSSR count). The molecule has 90 valence electrons. The van der Waals surface area contributed by atoms with Gasteiger partial charge >= 0.3 is 0 Å². The topological polar surface area (TPSA) is 25.0 Å². The Balaban J connectivity index is 2.10. The molecular weight excluding hydrogens is 246 g/mol. The molecule has 1 N–H and O–H groups in total. The Morgan fingerprint density at radius 1 is 1.00 bits per heavy atom. The van der Waals surface area contributed by atoms with Gasteiger partial charge in [-0.3, -0.25) is 0 Å². The van der Waals surface area contributed by atoms with E-state index in [-0.39, 0.29) is 0 Å². The van der Waals surface area contributed by atoms with E-state index in [0.29, 0.717) is 0 Å². The molecule has 1 heterocycles. The van der Waals surface area contributed by atoms with Crippen molar-refractivity contribution in [3.63, 3.8) is 0 Å². The highest BCUT2D eigenvalue weighted by molar-refractivity contribution is 6.30. The number of aromatic nitrogens is 1. The minimum atomic E-state index is 0.747. The molecule has 3 aromatic rings. The maximum atomic E-state index is 5.89. The SMILES string of the molecule is COc1ccc2cc(-c3ccc(Cl)cc3)[nH]c2c1. The summed E-state index contributed by atoms with van der Waals surface area (Å²) in [7, 11) is 1.67. The molecule has 0 fully saturated rings. The number of hydrogen-bond donors (Lipinski definition) is 1. The predicted molar refractivity (Wildman–Crippen MR) is 75.3 cm³/mol. The Kier molecular flexibility index (Phi) is 2.73. The first-order chi connectivity index (χ1) is 8.76. The second kappa shape index (κ2) is 4.39. The average Bonchev–Trinajstić information content (AvgIpc) is 2.82. The fraction of sp³-hybridized carbons (Fsp3) is 0.0667. The summed E-state index contributed by atoms with van der Waals surface area (Å²) in [5, 5.41) is 1.91. The minimum absolute atomic E-state index is 0.747. The van der Waals surface area contributed by atoms with Gasteiger partial charge in [0.1, 0.15) is 5.75 Å². The van der Waals surface area contributed by atoms with Gasteiger partial charge in [0.05, 0.1) is 7.11 Å². The van der Waals surface area contributed by atoms with E-state index in [1.165, 1.54) is 5.39 Å². The molecule has 0 aliphatic carbocycles. The van der Waals surface area contributed by atoms with Gasteiger partial charge in [0.2, 0.25) is 0 Å². The van der Waals surface area contributed by atoms with Gasteiger partial charge in [-0.2, -0.15) is 0 Å². The zero-order chi connectivity index (χ0) is 12.5. The van der Waals surface area contributed by atoms with Crippen LogP contribution in [0, 0.1) is 0 Å². The number of methoxy groups -OCH3 is 1. The molecule has 1 aromatic heterocycles. The monoisotopic (exact) mass is 257 g/mol. The van der Waals surface area contributed by atoms with Gasteiger partial charge < -0.3 is 9.72 Å². The zero-order valence-electron chi connectivity index (χ0n) is 9.91. The maximum Gasteiger partial charge on any atom is 0.120 e. The van der Waals surface area contributed by atoms with Crippen LogP contribution in [0.4, 0.5) is 0 Å². The third-order valence-corrected chi connectivity index (χ3v) is 3.24. The number of halogens is 1. The van der Waals surface area contributed by atoms with E-state index in [1.807, 2.05) is 42.5 Å². The lowest BCUT2D eigenvalue weighted by Gasteiger charge is -1.98. The van der Waals surface area contributed by atoms with Crippen molar-refractivity contribution in [3.05, 3.63) is 53.6 Å². The summed E-state index contributed by atoms with van der Waals surface area (Å²) >= 11 is 5.89. The molecule has 0 unspecified atom stereocenters. The Hall–Kier alpha value is -1.93. The number of fused-ring (bicyclic) bond motifs is 1. The fourth-order valence-electron chi connectivity index (χ4n) is 2.02. The lowest BCUT2D eigenvalue weighted by Crippen LogP contribution is -1.81. The third kappa shape index (κ3) is 1.95. The van der Waals surface area contributed by atoms with Crippen LogP contribution in [-0.4, -0.2) is 12.1 Å². The van der Waals surface area contributed by atoms with E-state index in [1.54, 1.807) is 7.11 Å². The van der Waals surface area contributed by atoms with Crippen molar-refractivity contribution in [1.82, 2.24) is 4.98 Å². The van der Waals surface area contributed by atoms with Crippen LogP contribution in [0.3, 0.4) is 0 Å². The zero-order valence-corrected chi connectivity index (χ0v) is 10.7. The Morgan fingerprint density at radius 2 is 1.78 bits per heavy atom. The molecule has 3 heteroatoms. The summed E-state index contributed by atoms with van der Waals surface area (Å²) in [5.41, 5.74) is 3.27. The van der Waals surface area contributed by atoms with Crippen molar-refractivity contribution in [2.24, 2.45) is 0 Å². The smallest absolute Gasteiger partial charge is 0.120 e. The van der Waals surface area contributed by atoms with Gasteiger partial charge in [-0.25, -0.2) is 0 Å². The lowest BCUT2D eigenvalue weighted by molar-refractivity contribution is 0.415. The Bertz CT molecular complexity index is 685. The molecule has 0 aliphatic heterocycles. The molecule has 0 amide bonds. The number of ether oxygens (including phenoxy) is 1. The van der Waals surface area contributed by atoms with Crippen molar-refractivity contribution < 1.29 is 4.74 Å². The van der Waals surface area contributed by atoms with Crippen LogP contribution in [-0.2, 0) is 0 Å². The quantitative estimate of drug-likeness (QED) is 0.719. The molecule has 2 nitrogen and oxygen atoms in total. The van der Waals surface area contributed by atoms with Crippen LogP contribution in [0.25, 0.3) is 22.2 Å². The van der Waals surface area contributed by atoms with E-state index >= 15 is 0 Å². The summed E-state index contributed by atoms with van der Waals surface area (Å²) in [6.07, 6.45) is 0. The van der Waals surface area contributed by atoms with Crippen LogP contribution in [0.5, 0.6) is 5.75 Å². The van der Waals surface area contributed by atoms with Crippen molar-refractivity contribution in [2.45, 2.75) is 0 Å². The highest BCUT2D eigenvalue weighted by Crippen LogP contribution is 2.27. The summed E-state index contributed by atoms with van der Waals surface area (Å²) < 4.78 is 5.22. The molecule has 0 radical (unpaired) electrons. The van der Waals surface area contributed by atoms with Gasteiger partial charge in [0.15, 0.2) is 0 Å². The van der Waals surface area contributed by atoms with Crippen LogP contribution in [0.2, 0.25) is 5.02 Å². The molecule has 0 saturated carbocycles. The van der Waals surface area contributed by atoms with E-state index < -0.39 is 0 Å². The number of nitrogens with one attached hydrogen (secondary N) is 1. The standard InChI is InChI=1S/C15H12ClNO/c1-18-13-7-4-11-8-14(17-15(11)9-13)10-2-5-12(16)6-3-10/h2-9,17H,1H3. The fourth-order valence-corrected chi connectivity index (χ4v) is 2.14. The third-order valence-electron chi connectivity index (χ3n) is 2.98. The van der Waals surface area contributed by atoms with E-state index in [9.17, 15) is 0 Å². The van der Waals surface area contributed by atoms with Gasteiger partial charge in [-0.1, -0.05) is 23.7 Å². The van der Waals surface area contributed by atoms with Gasteiger partial charge in [0.25, 0.3) is 0 Å². The van der Waals surface area contributed by atoms with Crippen molar-refractivity contribution >= 4 is 22.5 Å². The molecule has 0 atom stereocenters. The summed E-state index contributed by atoms with van der Waals surface area (Å²) in [5.74, 6) is 0.854. The van der Waals surface area contributed by atoms with Gasteiger partial charge in [0, 0.05) is 27.7 Å². The highest BCUT2D eigenvalue weighted by Gasteiger charge is 2.04. The van der Waals surface area contributed by atoms with E-state index in [2.05, 4.69) is 11.1 Å².